The minimum Gasteiger partial charge on any atom is -0.493 e. The molecule has 0 atom stereocenters. The molecule has 0 saturated carbocycles. The number of pyridine rings is 8. The van der Waals surface area contributed by atoms with Crippen molar-refractivity contribution < 1.29 is 90.1 Å². The maximum atomic E-state index is 13.1. The van der Waals surface area contributed by atoms with Gasteiger partial charge in [-0.05, 0) is 288 Å². The molecule has 708 valence electrons. The van der Waals surface area contributed by atoms with Gasteiger partial charge in [-0.15, -0.1) is 11.3 Å². The summed E-state index contributed by atoms with van der Waals surface area (Å²) < 4.78 is 70.5. The van der Waals surface area contributed by atoms with Crippen LogP contribution in [0.15, 0.2) is 306 Å². The predicted molar refractivity (Wildman–Crippen MR) is 543 cm³/mol. The van der Waals surface area contributed by atoms with E-state index in [4.69, 9.17) is 47.4 Å². The lowest BCUT2D eigenvalue weighted by Gasteiger charge is -2.18. The highest BCUT2D eigenvalue weighted by atomic mass is 79.9. The summed E-state index contributed by atoms with van der Waals surface area (Å²) in [5.41, 5.74) is 6.89. The zero-order valence-electron chi connectivity index (χ0n) is 74.3. The van der Waals surface area contributed by atoms with E-state index in [1.165, 1.54) is 19.1 Å². The van der Waals surface area contributed by atoms with Crippen molar-refractivity contribution in [1.82, 2.24) is 39.9 Å². The molecule has 0 radical (unpaired) electrons. The third kappa shape index (κ3) is 26.4. The lowest BCUT2D eigenvalue weighted by Crippen LogP contribution is -2.24. The molecule has 41 heteroatoms. The quantitative estimate of drug-likeness (QED) is 0.0274. The SMILES string of the molecule is CC(=O)Oc1c(Br)cc(/C=C2\Oc3ccc(F)nc3NC2=O)cc1Br.CN(C)c1ccc(/C=C2\Oc3cccnc3NC2=O)cc1.COc1cc(/C=C2\Oc3cccnc3NC2=O)cc(C)c1OC.O=C1Nc2ncccc2O/C1=C\c1cc(Br)cc(Br)c1.O=C1Nc2ncccc2O/C1=C\c1cccnc1.O=C1Nc2ncccc2O/C1=C\c1cccs1.O=C1Nc2ncccc2O/C1=C\c1ccsc1. The number of carbonyl (C=O) groups excluding carboxylic acids is 8. The number of ether oxygens (including phenoxy) is 10. The standard InChI is InChI=1S/C17H16N2O4.C16H9Br2FN2O4.C16H15N3O2.C14H8Br2N2O2.C13H9N3O2.2C12H8N2O2S/c1-10-7-11(8-13(21-2)15(10)22-3)9-14-17(20)19-16-12(23-14)5-4-6-18-16;1-7(22)24-14-9(17)4-8(5-10(14)18)6-12-16(23)21-15-11(25-12)2-3-13(19)20-15;1-19(2)12-7-5-11(6-8-12)10-14-16(20)18-15-13(21-14)4-3-9-17-15;15-9-4-8(5-10(16)7-9)6-12-14(19)18-13-11(20-12)2-1-3-17-13;17-13-11(7-9-3-1-5-14-8-9)18-10-4-2-6-15-12(10)16-13;15-12-10(7-8-3-2-6-17-8)16-9-4-1-5-13-11(9)14-12;15-12-10(6-8-3-5-17-7-8)16-9-2-1-4-13-11(9)14-12/h4-9H,1-3H3,(H,18,19,20);2-6H,1H3,(H,20,21,23);3-10H,1-2H3,(H,17,18,20);1-7H,(H,17,18,19);1-8H,(H,15,16,17);2*1-7H,(H,13,14,15)/b14-9-;12-6-;14-10-;12-6-;11-7-;10-7-;10-6-. The second kappa shape index (κ2) is 46.4. The van der Waals surface area contributed by atoms with Gasteiger partial charge in [-0.1, -0.05) is 56.1 Å². The Labute approximate surface area is 843 Å². The number of amides is 7. The molecule has 7 aliphatic rings. The minimum atomic E-state index is -0.719. The monoisotopic (exact) mass is 2180 g/mol. The van der Waals surface area contributed by atoms with Crippen molar-refractivity contribution in [3.05, 3.63) is 356 Å². The summed E-state index contributed by atoms with van der Waals surface area (Å²) in [5.74, 6) is 5.70. The molecule has 0 fully saturated rings. The summed E-state index contributed by atoms with van der Waals surface area (Å²) >= 11 is 16.6. The van der Waals surface area contributed by atoms with Gasteiger partial charge >= 0.3 is 5.97 Å². The van der Waals surface area contributed by atoms with Crippen molar-refractivity contribution in [2.24, 2.45) is 0 Å². The molecule has 0 aliphatic carbocycles. The molecule has 34 nitrogen and oxygen atoms in total. The predicted octanol–water partition coefficient (Wildman–Crippen LogP) is 20.2. The lowest BCUT2D eigenvalue weighted by molar-refractivity contribution is -0.132. The first-order valence-electron chi connectivity index (χ1n) is 41.6. The highest BCUT2D eigenvalue weighted by Crippen LogP contribution is 2.41. The molecule has 7 aliphatic heterocycles. The second-order valence-electron chi connectivity index (χ2n) is 29.6. The Hall–Kier alpha value is -16.7. The first-order valence-corrected chi connectivity index (χ1v) is 46.6. The third-order valence-electron chi connectivity index (χ3n) is 19.3. The number of thiophene rings is 2. The fourth-order valence-corrected chi connectivity index (χ4v) is 16.9. The van der Waals surface area contributed by atoms with E-state index in [1.807, 2.05) is 115 Å². The topological polar surface area (TPSA) is 419 Å². The van der Waals surface area contributed by atoms with Crippen LogP contribution in [0.25, 0.3) is 42.5 Å². The molecule has 7 N–H and O–H groups in total. The van der Waals surface area contributed by atoms with Gasteiger partial charge in [-0.3, -0.25) is 43.3 Å². The van der Waals surface area contributed by atoms with E-state index < -0.39 is 17.8 Å². The molecule has 141 heavy (non-hydrogen) atoms. The van der Waals surface area contributed by atoms with E-state index in [0.717, 1.165) is 59.0 Å². The molecule has 10 aromatic heterocycles. The Morgan fingerprint density at radius 1 is 0.383 bits per heavy atom. The number of rotatable bonds is 11. The van der Waals surface area contributed by atoms with Crippen LogP contribution in [0.2, 0.25) is 0 Å². The van der Waals surface area contributed by atoms with Gasteiger partial charge in [0.05, 0.1) is 23.2 Å². The number of benzene rings is 4. The molecule has 14 aromatic rings. The first-order chi connectivity index (χ1) is 68.2. The van der Waals surface area contributed by atoms with Gasteiger partial charge in [0.15, 0.2) is 139 Å². The molecule has 0 saturated heterocycles. The van der Waals surface area contributed by atoms with E-state index in [2.05, 4.69) is 141 Å². The molecule has 7 amide bonds. The number of hydrogen-bond acceptors (Lipinski definition) is 29. The van der Waals surface area contributed by atoms with Crippen LogP contribution in [0.1, 0.15) is 50.7 Å². The van der Waals surface area contributed by atoms with Crippen molar-refractivity contribution in [3.63, 3.8) is 0 Å². The number of methoxy groups -OCH3 is 2. The summed E-state index contributed by atoms with van der Waals surface area (Å²) in [7, 11) is 7.12. The Morgan fingerprint density at radius 3 is 1.13 bits per heavy atom. The average Bonchev–Trinajstić information content (AvgIpc) is 1.27. The Morgan fingerprint density at radius 2 is 0.759 bits per heavy atom. The minimum absolute atomic E-state index is 0.0138. The zero-order valence-corrected chi connectivity index (χ0v) is 82.3. The van der Waals surface area contributed by atoms with Gasteiger partial charge in [0, 0.05) is 96.2 Å². The van der Waals surface area contributed by atoms with Crippen LogP contribution in [0, 0.1) is 12.9 Å². The Kier molecular flexibility index (Phi) is 32.5. The smallest absolute Gasteiger partial charge is 0.308 e. The highest BCUT2D eigenvalue weighted by molar-refractivity contribution is 9.11. The molecular formula is C100H73Br4FN16O18S2. The summed E-state index contributed by atoms with van der Waals surface area (Å²) in [5, 5.41) is 24.4. The first kappa shape index (κ1) is 98.8. The van der Waals surface area contributed by atoms with Crippen molar-refractivity contribution in [2.75, 3.05) is 70.4 Å². The van der Waals surface area contributed by atoms with E-state index >= 15 is 0 Å². The normalized spacial score (nSPS) is 15.4. The number of hydrogen-bond donors (Lipinski definition) is 7. The fourth-order valence-electron chi connectivity index (χ4n) is 12.9. The molecule has 4 aromatic carbocycles. The van der Waals surface area contributed by atoms with Gasteiger partial charge in [0.2, 0.25) is 5.95 Å². The molecule has 0 spiro atoms. The summed E-state index contributed by atoms with van der Waals surface area (Å²) in [6.45, 7) is 3.20. The van der Waals surface area contributed by atoms with E-state index in [0.29, 0.717) is 101 Å². The maximum Gasteiger partial charge on any atom is 0.308 e. The molecular weight excluding hydrogens is 2120 g/mol. The molecule has 0 bridgehead atoms. The van der Waals surface area contributed by atoms with Crippen molar-refractivity contribution >= 4 is 223 Å². The number of nitrogens with one attached hydrogen (secondary N) is 7. The number of esters is 1. The van der Waals surface area contributed by atoms with Crippen molar-refractivity contribution in [3.8, 4) is 57.5 Å². The highest BCUT2D eigenvalue weighted by Gasteiger charge is 2.31. The van der Waals surface area contributed by atoms with Crippen LogP contribution in [0.3, 0.4) is 0 Å². The van der Waals surface area contributed by atoms with Crippen molar-refractivity contribution in [2.45, 2.75) is 13.8 Å². The number of nitrogens with zero attached hydrogens (tertiary/aromatic N) is 9. The van der Waals surface area contributed by atoms with Crippen LogP contribution in [0.5, 0.6) is 57.5 Å². The van der Waals surface area contributed by atoms with Crippen molar-refractivity contribution in [1.29, 1.82) is 0 Å². The molecule has 17 heterocycles. The average molecular weight is 2190 g/mol. The fraction of sp³-hybridized carbons (Fsp3) is 0.0600. The van der Waals surface area contributed by atoms with Gasteiger partial charge in [-0.2, -0.15) is 20.7 Å². The number of halogens is 5. The summed E-state index contributed by atoms with van der Waals surface area (Å²) in [4.78, 5) is 129. The van der Waals surface area contributed by atoms with Crippen LogP contribution in [0.4, 0.5) is 50.8 Å². The molecule has 21 rings (SSSR count). The number of anilines is 8. The Balaban J connectivity index is 0.000000125. The summed E-state index contributed by atoms with van der Waals surface area (Å²) in [6.07, 6.45) is 24.5. The number of carbonyl (C=O) groups is 8. The van der Waals surface area contributed by atoms with Crippen LogP contribution >= 0.6 is 86.4 Å². The van der Waals surface area contributed by atoms with Gasteiger partial charge in [-0.25, -0.2) is 29.9 Å². The zero-order chi connectivity index (χ0) is 99.2. The van der Waals surface area contributed by atoms with Gasteiger partial charge in [0.25, 0.3) is 41.4 Å². The van der Waals surface area contributed by atoms with Crippen LogP contribution in [-0.4, -0.2) is 116 Å². The van der Waals surface area contributed by atoms with Gasteiger partial charge < -0.3 is 89.5 Å². The molecule has 0 unspecified atom stereocenters. The summed E-state index contributed by atoms with van der Waals surface area (Å²) in [6, 6.07) is 53.6. The Bertz CT molecular complexity index is 7250. The van der Waals surface area contributed by atoms with E-state index in [9.17, 15) is 42.7 Å². The van der Waals surface area contributed by atoms with E-state index in [1.54, 1.807) is 220 Å². The van der Waals surface area contributed by atoms with E-state index in [-0.39, 0.29) is 87.3 Å². The lowest BCUT2D eigenvalue weighted by atomic mass is 10.1. The maximum absolute atomic E-state index is 13.1. The van der Waals surface area contributed by atoms with Gasteiger partial charge in [0.1, 0.15) is 0 Å². The van der Waals surface area contributed by atoms with Crippen LogP contribution < -0.4 is 89.5 Å². The second-order valence-corrected chi connectivity index (χ2v) is 34.9. The number of aryl methyl sites for hydroxylation is 1. The van der Waals surface area contributed by atoms with Crippen LogP contribution in [-0.2, 0) is 38.4 Å². The third-order valence-corrected chi connectivity index (χ3v) is 22.9. The number of aromatic nitrogens is 8. The number of fused-ring (bicyclic) bond motifs is 7. The largest absolute Gasteiger partial charge is 0.493 e.